The highest BCUT2D eigenvalue weighted by Gasteiger charge is 2.23. The van der Waals surface area contributed by atoms with Gasteiger partial charge in [0.1, 0.15) is 0 Å². The Labute approximate surface area is 195 Å². The van der Waals surface area contributed by atoms with Gasteiger partial charge in [0, 0.05) is 18.3 Å². The van der Waals surface area contributed by atoms with Crippen LogP contribution in [-0.4, -0.2) is 17.4 Å². The fraction of sp³-hybridized carbons (Fsp3) is 0.259. The van der Waals surface area contributed by atoms with E-state index in [1.54, 1.807) is 30.5 Å². The van der Waals surface area contributed by atoms with Crippen molar-refractivity contribution in [2.24, 2.45) is 0 Å². The largest absolute Gasteiger partial charge is 0.268 e. The number of hydrogen-bond acceptors (Lipinski definition) is 4. The van der Waals surface area contributed by atoms with Gasteiger partial charge >= 0.3 is 0 Å². The van der Waals surface area contributed by atoms with Crippen molar-refractivity contribution < 1.29 is 8.42 Å². The van der Waals surface area contributed by atoms with Gasteiger partial charge < -0.3 is 0 Å². The van der Waals surface area contributed by atoms with E-state index in [2.05, 4.69) is 6.07 Å². The van der Waals surface area contributed by atoms with Gasteiger partial charge in [0.05, 0.1) is 27.6 Å². The van der Waals surface area contributed by atoms with E-state index in [4.69, 9.17) is 4.98 Å². The standard InChI is InChI=1S/C27H27N3O2S/c1-17(2)25-16-30(33(31,32)23-9-6-18(3)7-10-23)26-11-8-22(29-27(25)26)14-24-19(4)12-21(15-28)13-20(24)5/h6-13,16-17H,14H2,1-5H3. The predicted molar refractivity (Wildman–Crippen MR) is 131 cm³/mol. The lowest BCUT2D eigenvalue weighted by Crippen LogP contribution is -2.12. The Morgan fingerprint density at radius 2 is 1.64 bits per heavy atom. The van der Waals surface area contributed by atoms with E-state index >= 15 is 0 Å². The number of pyridine rings is 1. The van der Waals surface area contributed by atoms with Gasteiger partial charge in [-0.05, 0) is 85.3 Å². The molecular formula is C27H27N3O2S. The van der Waals surface area contributed by atoms with Crippen LogP contribution in [0.25, 0.3) is 11.0 Å². The van der Waals surface area contributed by atoms with E-state index in [0.29, 0.717) is 23.0 Å². The molecule has 5 nitrogen and oxygen atoms in total. The molecule has 0 saturated heterocycles. The van der Waals surface area contributed by atoms with Gasteiger partial charge in [-0.2, -0.15) is 5.26 Å². The van der Waals surface area contributed by atoms with Crippen LogP contribution in [0.15, 0.2) is 59.6 Å². The zero-order valence-corrected chi connectivity index (χ0v) is 20.4. The number of hydrogen-bond donors (Lipinski definition) is 0. The van der Waals surface area contributed by atoms with E-state index in [1.807, 2.05) is 58.9 Å². The summed E-state index contributed by atoms with van der Waals surface area (Å²) in [4.78, 5) is 5.17. The molecule has 0 fully saturated rings. The molecule has 0 aliphatic rings. The highest BCUT2D eigenvalue weighted by atomic mass is 32.2. The summed E-state index contributed by atoms with van der Waals surface area (Å²) < 4.78 is 28.2. The summed E-state index contributed by atoms with van der Waals surface area (Å²) in [7, 11) is -3.74. The fourth-order valence-corrected chi connectivity index (χ4v) is 5.57. The Kier molecular flexibility index (Phi) is 5.85. The van der Waals surface area contributed by atoms with Crippen molar-refractivity contribution >= 4 is 21.1 Å². The molecular weight excluding hydrogens is 430 g/mol. The van der Waals surface area contributed by atoms with Crippen LogP contribution in [-0.2, 0) is 16.4 Å². The third-order valence-electron chi connectivity index (χ3n) is 6.08. The third-order valence-corrected chi connectivity index (χ3v) is 7.77. The first-order valence-corrected chi connectivity index (χ1v) is 12.4. The smallest absolute Gasteiger partial charge is 0.251 e. The highest BCUT2D eigenvalue weighted by molar-refractivity contribution is 7.90. The quantitative estimate of drug-likeness (QED) is 0.380. The van der Waals surface area contributed by atoms with Crippen LogP contribution in [0, 0.1) is 32.1 Å². The summed E-state index contributed by atoms with van der Waals surface area (Å²) in [6.45, 7) is 10.0. The third kappa shape index (κ3) is 4.17. The van der Waals surface area contributed by atoms with Gasteiger partial charge in [-0.3, -0.25) is 4.98 Å². The summed E-state index contributed by atoms with van der Waals surface area (Å²) in [6.07, 6.45) is 2.33. The highest BCUT2D eigenvalue weighted by Crippen LogP contribution is 2.30. The van der Waals surface area contributed by atoms with Crippen LogP contribution in [0.2, 0.25) is 0 Å². The molecule has 2 heterocycles. The van der Waals surface area contributed by atoms with Gasteiger partial charge in [0.2, 0.25) is 0 Å². The number of nitriles is 1. The topological polar surface area (TPSA) is 75.8 Å². The molecule has 0 aliphatic heterocycles. The minimum Gasteiger partial charge on any atom is -0.251 e. The first kappa shape index (κ1) is 22.8. The lowest BCUT2D eigenvalue weighted by molar-refractivity contribution is 0.589. The van der Waals surface area contributed by atoms with Gasteiger partial charge in [0.15, 0.2) is 0 Å². The molecule has 33 heavy (non-hydrogen) atoms. The predicted octanol–water partition coefficient (Wildman–Crippen LogP) is 5.78. The number of fused-ring (bicyclic) bond motifs is 1. The molecule has 0 amide bonds. The number of aromatic nitrogens is 2. The SMILES string of the molecule is Cc1ccc(S(=O)(=O)n2cc(C(C)C)c3nc(Cc4c(C)cc(C#N)cc4C)ccc32)cc1. The number of aryl methyl sites for hydroxylation is 3. The van der Waals surface area contributed by atoms with Gasteiger partial charge in [-0.25, -0.2) is 12.4 Å². The van der Waals surface area contributed by atoms with Crippen LogP contribution in [0.3, 0.4) is 0 Å². The molecule has 0 N–H and O–H groups in total. The minimum absolute atomic E-state index is 0.114. The zero-order chi connectivity index (χ0) is 23.9. The molecule has 2 aromatic carbocycles. The maximum atomic E-state index is 13.4. The van der Waals surface area contributed by atoms with Crippen LogP contribution in [0.5, 0.6) is 0 Å². The second-order valence-electron chi connectivity index (χ2n) is 8.90. The summed E-state index contributed by atoms with van der Waals surface area (Å²) in [5.74, 6) is 0.114. The van der Waals surface area contributed by atoms with Crippen LogP contribution in [0.4, 0.5) is 0 Å². The monoisotopic (exact) mass is 457 g/mol. The van der Waals surface area contributed by atoms with Crippen LogP contribution >= 0.6 is 0 Å². The maximum absolute atomic E-state index is 13.4. The van der Waals surface area contributed by atoms with Crippen molar-refractivity contribution in [2.75, 3.05) is 0 Å². The molecule has 0 bridgehead atoms. The summed E-state index contributed by atoms with van der Waals surface area (Å²) in [5.41, 5.74) is 7.96. The van der Waals surface area contributed by atoms with Crippen molar-refractivity contribution in [1.82, 2.24) is 8.96 Å². The van der Waals surface area contributed by atoms with Gasteiger partial charge in [-0.1, -0.05) is 31.5 Å². The summed E-state index contributed by atoms with van der Waals surface area (Å²) in [5, 5.41) is 9.22. The summed E-state index contributed by atoms with van der Waals surface area (Å²) >= 11 is 0. The molecule has 0 aliphatic carbocycles. The maximum Gasteiger partial charge on any atom is 0.268 e. The average molecular weight is 458 g/mol. The van der Waals surface area contributed by atoms with E-state index < -0.39 is 10.0 Å². The van der Waals surface area contributed by atoms with Crippen LogP contribution in [0.1, 0.15) is 58.8 Å². The molecule has 2 aromatic heterocycles. The van der Waals surface area contributed by atoms with Crippen LogP contribution < -0.4 is 0 Å². The number of rotatable bonds is 5. The van der Waals surface area contributed by atoms with Crippen molar-refractivity contribution in [3.63, 3.8) is 0 Å². The molecule has 4 aromatic rings. The fourth-order valence-electron chi connectivity index (χ4n) is 4.20. The van der Waals surface area contributed by atoms with Gasteiger partial charge in [0.25, 0.3) is 10.0 Å². The summed E-state index contributed by atoms with van der Waals surface area (Å²) in [6, 6.07) is 16.6. The molecule has 4 rings (SSSR count). The number of nitrogens with zero attached hydrogens (tertiary/aromatic N) is 3. The van der Waals surface area contributed by atoms with E-state index in [9.17, 15) is 13.7 Å². The molecule has 0 radical (unpaired) electrons. The first-order valence-electron chi connectivity index (χ1n) is 10.9. The van der Waals surface area contributed by atoms with Crippen molar-refractivity contribution in [3.8, 4) is 6.07 Å². The Hall–Kier alpha value is -3.43. The Morgan fingerprint density at radius 3 is 2.21 bits per heavy atom. The zero-order valence-electron chi connectivity index (χ0n) is 19.5. The Balaban J connectivity index is 1.83. The first-order chi connectivity index (χ1) is 15.6. The second-order valence-corrected chi connectivity index (χ2v) is 10.7. The molecule has 0 atom stereocenters. The second kappa shape index (κ2) is 8.49. The Morgan fingerprint density at radius 1 is 1.00 bits per heavy atom. The molecule has 0 saturated carbocycles. The average Bonchev–Trinajstić information content (AvgIpc) is 3.16. The van der Waals surface area contributed by atoms with Crippen molar-refractivity contribution in [1.29, 1.82) is 5.26 Å². The van der Waals surface area contributed by atoms with Crippen molar-refractivity contribution in [2.45, 2.75) is 51.9 Å². The minimum atomic E-state index is -3.74. The molecule has 6 heteroatoms. The van der Waals surface area contributed by atoms with E-state index in [-0.39, 0.29) is 10.8 Å². The lowest BCUT2D eigenvalue weighted by atomic mass is 9.96. The van der Waals surface area contributed by atoms with E-state index in [1.165, 1.54) is 3.97 Å². The van der Waals surface area contributed by atoms with Gasteiger partial charge in [-0.15, -0.1) is 0 Å². The molecule has 0 spiro atoms. The molecule has 168 valence electrons. The van der Waals surface area contributed by atoms with Crippen molar-refractivity contribution in [3.05, 3.63) is 93.8 Å². The molecule has 0 unspecified atom stereocenters. The van der Waals surface area contributed by atoms with E-state index in [0.717, 1.165) is 33.5 Å². The Bertz CT molecular complexity index is 1480. The number of benzene rings is 2. The lowest BCUT2D eigenvalue weighted by Gasteiger charge is -2.11. The normalized spacial score (nSPS) is 11.8.